The summed E-state index contributed by atoms with van der Waals surface area (Å²) in [5.74, 6) is -0.118. The van der Waals surface area contributed by atoms with E-state index in [1.54, 1.807) is 0 Å². The van der Waals surface area contributed by atoms with E-state index >= 15 is 0 Å². The Balaban J connectivity index is 2.26. The molecule has 1 rings (SSSR count). The lowest BCUT2D eigenvalue weighted by Gasteiger charge is -2.26. The second-order valence-corrected chi connectivity index (χ2v) is 5.60. The Morgan fingerprint density at radius 3 is 2.59 bits per heavy atom. The van der Waals surface area contributed by atoms with Crippen LogP contribution in [0, 0.1) is 0 Å². The number of carbonyl (C=O) groups is 2. The molecule has 98 valence electrons. The predicted molar refractivity (Wildman–Crippen MR) is 66.0 cm³/mol. The summed E-state index contributed by atoms with van der Waals surface area (Å²) in [4.78, 5) is 24.7. The molecule has 0 radical (unpaired) electrons. The Labute approximate surface area is 104 Å². The molecule has 2 N–H and O–H groups in total. The van der Waals surface area contributed by atoms with Crippen LogP contribution in [-0.4, -0.2) is 65.2 Å². The van der Waals surface area contributed by atoms with E-state index in [2.05, 4.69) is 10.6 Å². The van der Waals surface area contributed by atoms with E-state index in [-0.39, 0.29) is 6.54 Å². The fraction of sp³-hybridized carbons (Fsp3) is 0.800. The second kappa shape index (κ2) is 7.39. The minimum atomic E-state index is -0.911. The minimum absolute atomic E-state index is 0.289. The average molecular weight is 261 g/mol. The molecule has 1 fully saturated rings. The van der Waals surface area contributed by atoms with Crippen LogP contribution in [0.15, 0.2) is 0 Å². The molecular weight excluding hydrogens is 242 g/mol. The van der Waals surface area contributed by atoms with Crippen molar-refractivity contribution in [2.75, 3.05) is 44.2 Å². The van der Waals surface area contributed by atoms with Gasteiger partial charge in [0.1, 0.15) is 0 Å². The summed E-state index contributed by atoms with van der Waals surface area (Å²) in [7, 11) is -0.911. The largest absolute Gasteiger partial charge is 0.347 e. The van der Waals surface area contributed by atoms with Gasteiger partial charge < -0.3 is 15.5 Å². The van der Waals surface area contributed by atoms with Gasteiger partial charge in [-0.15, -0.1) is 0 Å². The van der Waals surface area contributed by atoms with Crippen LogP contribution in [0.3, 0.4) is 0 Å². The molecule has 1 atom stereocenters. The highest BCUT2D eigenvalue weighted by molar-refractivity contribution is 7.84. The molecule has 6 nitrogen and oxygen atoms in total. The molecule has 1 aliphatic rings. The van der Waals surface area contributed by atoms with Gasteiger partial charge in [-0.3, -0.25) is 13.8 Å². The molecule has 1 aliphatic heterocycles. The van der Waals surface area contributed by atoms with Crippen LogP contribution in [0.25, 0.3) is 0 Å². The number of hydrogen-bond donors (Lipinski definition) is 2. The fourth-order valence-electron chi connectivity index (χ4n) is 1.51. The van der Waals surface area contributed by atoms with Gasteiger partial charge >= 0.3 is 11.8 Å². The van der Waals surface area contributed by atoms with Crippen LogP contribution in [0.2, 0.25) is 0 Å². The third kappa shape index (κ3) is 4.82. The Morgan fingerprint density at radius 2 is 2.00 bits per heavy atom. The molecule has 0 spiro atoms. The van der Waals surface area contributed by atoms with Crippen molar-refractivity contribution in [1.29, 1.82) is 0 Å². The topological polar surface area (TPSA) is 78.5 Å². The maximum absolute atomic E-state index is 11.7. The van der Waals surface area contributed by atoms with Gasteiger partial charge in [-0.1, -0.05) is 6.92 Å². The highest BCUT2D eigenvalue weighted by Gasteiger charge is 2.22. The predicted octanol–water partition coefficient (Wildman–Crippen LogP) is -1.70. The number of carbonyl (C=O) groups excluding carboxylic acids is 2. The van der Waals surface area contributed by atoms with Crippen LogP contribution in [0.1, 0.15) is 6.92 Å². The lowest BCUT2D eigenvalue weighted by atomic mass is 10.3. The number of hydrogen-bond acceptors (Lipinski definition) is 4. The van der Waals surface area contributed by atoms with E-state index in [1.165, 1.54) is 4.90 Å². The van der Waals surface area contributed by atoms with Crippen molar-refractivity contribution in [1.82, 2.24) is 15.5 Å². The molecule has 0 bridgehead atoms. The van der Waals surface area contributed by atoms with Gasteiger partial charge in [-0.25, -0.2) is 0 Å². The number of nitrogens with one attached hydrogen (secondary N) is 2. The van der Waals surface area contributed by atoms with Crippen LogP contribution in [0.5, 0.6) is 0 Å². The Kier molecular flexibility index (Phi) is 6.13. The van der Waals surface area contributed by atoms with Gasteiger partial charge in [-0.05, 0) is 0 Å². The summed E-state index contributed by atoms with van der Waals surface area (Å²) in [6.07, 6.45) is 0. The summed E-state index contributed by atoms with van der Waals surface area (Å²) >= 11 is 0. The molecule has 0 saturated carbocycles. The van der Waals surface area contributed by atoms with Crippen LogP contribution in [0.4, 0.5) is 0 Å². The van der Waals surface area contributed by atoms with Gasteiger partial charge in [0.15, 0.2) is 0 Å². The first-order valence-corrected chi connectivity index (χ1v) is 7.26. The fourth-order valence-corrected chi connectivity index (χ4v) is 2.13. The Morgan fingerprint density at radius 1 is 1.35 bits per heavy atom. The molecule has 0 aromatic heterocycles. The normalized spacial score (nSPS) is 17.6. The molecule has 0 aromatic rings. The third-order valence-corrected chi connectivity index (χ3v) is 3.84. The lowest BCUT2D eigenvalue weighted by Crippen LogP contribution is -2.51. The zero-order valence-electron chi connectivity index (χ0n) is 10.0. The monoisotopic (exact) mass is 261 g/mol. The number of amides is 2. The quantitative estimate of drug-likeness (QED) is 0.592. The summed E-state index contributed by atoms with van der Waals surface area (Å²) in [5, 5.41) is 5.61. The van der Waals surface area contributed by atoms with Crippen molar-refractivity contribution in [2.24, 2.45) is 0 Å². The van der Waals surface area contributed by atoms with Crippen molar-refractivity contribution in [2.45, 2.75) is 6.92 Å². The maximum atomic E-state index is 11.7. The van der Waals surface area contributed by atoms with E-state index in [4.69, 9.17) is 0 Å². The van der Waals surface area contributed by atoms with Gasteiger partial charge in [0.25, 0.3) is 0 Å². The standard InChI is InChI=1S/C10H19N3O3S/c1-2-17(16)8-5-12-9(14)10(15)13-6-3-11-4-7-13/h11H,2-8H2,1H3,(H,12,14). The van der Waals surface area contributed by atoms with Crippen molar-refractivity contribution >= 4 is 22.6 Å². The average Bonchev–Trinajstić information content (AvgIpc) is 2.38. The van der Waals surface area contributed by atoms with E-state index in [0.717, 1.165) is 13.1 Å². The Bertz CT molecular complexity index is 303. The highest BCUT2D eigenvalue weighted by Crippen LogP contribution is 1.93. The zero-order chi connectivity index (χ0) is 12.7. The zero-order valence-corrected chi connectivity index (χ0v) is 10.8. The highest BCUT2D eigenvalue weighted by atomic mass is 32.2. The van der Waals surface area contributed by atoms with Crippen molar-refractivity contribution in [3.63, 3.8) is 0 Å². The van der Waals surface area contributed by atoms with Gasteiger partial charge in [0.05, 0.1) is 0 Å². The molecule has 1 unspecified atom stereocenters. The Hall–Kier alpha value is -0.950. The molecule has 7 heteroatoms. The molecule has 17 heavy (non-hydrogen) atoms. The number of nitrogens with zero attached hydrogens (tertiary/aromatic N) is 1. The first kappa shape index (κ1) is 14.1. The first-order chi connectivity index (χ1) is 8.15. The minimum Gasteiger partial charge on any atom is -0.347 e. The van der Waals surface area contributed by atoms with Crippen LogP contribution in [-0.2, 0) is 20.4 Å². The number of rotatable bonds is 4. The molecular formula is C10H19N3O3S. The van der Waals surface area contributed by atoms with E-state index < -0.39 is 22.6 Å². The summed E-state index contributed by atoms with van der Waals surface area (Å²) in [5.41, 5.74) is 0. The van der Waals surface area contributed by atoms with Crippen molar-refractivity contribution in [3.8, 4) is 0 Å². The first-order valence-electron chi connectivity index (χ1n) is 5.78. The maximum Gasteiger partial charge on any atom is 0.311 e. The summed E-state index contributed by atoms with van der Waals surface area (Å²) in [6, 6.07) is 0. The van der Waals surface area contributed by atoms with Gasteiger partial charge in [-0.2, -0.15) is 0 Å². The summed E-state index contributed by atoms with van der Waals surface area (Å²) < 4.78 is 11.1. The van der Waals surface area contributed by atoms with E-state index in [1.807, 2.05) is 6.92 Å². The SMILES string of the molecule is CCS(=O)CCNC(=O)C(=O)N1CCNCC1. The van der Waals surface area contributed by atoms with Gasteiger partial charge in [0, 0.05) is 55.0 Å². The third-order valence-electron chi connectivity index (χ3n) is 2.54. The van der Waals surface area contributed by atoms with Gasteiger partial charge in [0.2, 0.25) is 0 Å². The molecule has 0 aromatic carbocycles. The molecule has 0 aliphatic carbocycles. The second-order valence-electron chi connectivity index (χ2n) is 3.73. The molecule has 1 saturated heterocycles. The summed E-state index contributed by atoms with van der Waals surface area (Å²) in [6.45, 7) is 4.68. The molecule has 2 amide bonds. The lowest BCUT2D eigenvalue weighted by molar-refractivity contribution is -0.146. The van der Waals surface area contributed by atoms with Crippen molar-refractivity contribution < 1.29 is 13.8 Å². The van der Waals surface area contributed by atoms with Crippen molar-refractivity contribution in [3.05, 3.63) is 0 Å². The van der Waals surface area contributed by atoms with E-state index in [0.29, 0.717) is 24.6 Å². The van der Waals surface area contributed by atoms with E-state index in [9.17, 15) is 13.8 Å². The smallest absolute Gasteiger partial charge is 0.311 e. The van der Waals surface area contributed by atoms with Crippen LogP contribution >= 0.6 is 0 Å². The number of piperazine rings is 1. The molecule has 1 heterocycles. The van der Waals surface area contributed by atoms with Crippen LogP contribution < -0.4 is 10.6 Å².